The molecule has 0 aliphatic rings. The Morgan fingerprint density at radius 1 is 1.36 bits per heavy atom. The van der Waals surface area contributed by atoms with Gasteiger partial charge in [0.05, 0.1) is 39.0 Å². The van der Waals surface area contributed by atoms with Gasteiger partial charge >= 0.3 is 0 Å². The standard InChI is InChI=1S/C7H3Cl2I2N3/c1-2-3-5(14(11)13-2)4(8)7(10)12-6(3)9/h1H3. The van der Waals surface area contributed by atoms with Crippen LogP contribution in [0.1, 0.15) is 5.69 Å². The fourth-order valence-corrected chi connectivity index (χ4v) is 3.34. The van der Waals surface area contributed by atoms with Gasteiger partial charge in [0.1, 0.15) is 14.4 Å². The molecule has 14 heavy (non-hydrogen) atoms. The molecule has 0 spiro atoms. The predicted molar refractivity (Wildman–Crippen MR) is 74.4 cm³/mol. The molecule has 0 N–H and O–H groups in total. The number of hydrogen-bond donors (Lipinski definition) is 0. The highest BCUT2D eigenvalue weighted by Crippen LogP contribution is 2.34. The molecular formula is C7H3Cl2I2N3. The van der Waals surface area contributed by atoms with Crippen molar-refractivity contribution in [3.63, 3.8) is 0 Å². The van der Waals surface area contributed by atoms with Crippen LogP contribution in [0.25, 0.3) is 10.9 Å². The minimum Gasteiger partial charge on any atom is -0.228 e. The van der Waals surface area contributed by atoms with Gasteiger partial charge in [-0.05, 0) is 29.5 Å². The van der Waals surface area contributed by atoms with E-state index in [9.17, 15) is 0 Å². The van der Waals surface area contributed by atoms with Crippen molar-refractivity contribution in [1.29, 1.82) is 0 Å². The van der Waals surface area contributed by atoms with Crippen LogP contribution in [-0.4, -0.2) is 13.0 Å². The van der Waals surface area contributed by atoms with Crippen LogP contribution in [0.15, 0.2) is 0 Å². The summed E-state index contributed by atoms with van der Waals surface area (Å²) in [4.78, 5) is 4.14. The van der Waals surface area contributed by atoms with Gasteiger partial charge in [0.2, 0.25) is 0 Å². The van der Waals surface area contributed by atoms with Gasteiger partial charge < -0.3 is 0 Å². The lowest BCUT2D eigenvalue weighted by atomic mass is 10.3. The number of hydrogen-bond acceptors (Lipinski definition) is 2. The molecule has 0 aliphatic heterocycles. The van der Waals surface area contributed by atoms with Gasteiger partial charge in [0.15, 0.2) is 0 Å². The third-order valence-electron chi connectivity index (χ3n) is 1.81. The van der Waals surface area contributed by atoms with E-state index in [2.05, 4.69) is 55.5 Å². The van der Waals surface area contributed by atoms with Crippen LogP contribution in [-0.2, 0) is 0 Å². The zero-order chi connectivity index (χ0) is 10.5. The van der Waals surface area contributed by atoms with E-state index in [-0.39, 0.29) is 0 Å². The SMILES string of the molecule is Cc1nn(I)c2c(Cl)c(I)nc(Cl)c12. The summed E-state index contributed by atoms with van der Waals surface area (Å²) in [5.41, 5.74) is 1.67. The molecule has 0 unspecified atom stereocenters. The topological polar surface area (TPSA) is 30.7 Å². The molecule has 2 aromatic heterocycles. The smallest absolute Gasteiger partial charge is 0.141 e. The van der Waals surface area contributed by atoms with Crippen LogP contribution in [0.2, 0.25) is 10.2 Å². The fourth-order valence-electron chi connectivity index (χ4n) is 1.22. The Hall–Kier alpha value is 0.660. The van der Waals surface area contributed by atoms with E-state index < -0.39 is 0 Å². The molecule has 2 heterocycles. The van der Waals surface area contributed by atoms with Crippen LogP contribution in [0.3, 0.4) is 0 Å². The number of aryl methyl sites for hydroxylation is 1. The second-order valence-electron chi connectivity index (χ2n) is 2.68. The third-order valence-corrected chi connectivity index (χ3v) is 4.24. The fraction of sp³-hybridized carbons (Fsp3) is 0.143. The molecule has 7 heteroatoms. The number of fused-ring (bicyclic) bond motifs is 1. The van der Waals surface area contributed by atoms with Crippen LogP contribution in [0, 0.1) is 10.6 Å². The molecule has 0 bridgehead atoms. The molecule has 0 radical (unpaired) electrons. The maximum Gasteiger partial charge on any atom is 0.141 e. The zero-order valence-electron chi connectivity index (χ0n) is 6.85. The molecule has 2 aromatic rings. The first-order valence-electron chi connectivity index (χ1n) is 3.58. The molecule has 0 aromatic carbocycles. The third kappa shape index (κ3) is 1.61. The number of nitrogens with zero attached hydrogens (tertiary/aromatic N) is 3. The first kappa shape index (κ1) is 11.2. The van der Waals surface area contributed by atoms with Crippen molar-refractivity contribution >= 4 is 79.6 Å². The first-order chi connectivity index (χ1) is 6.52. The van der Waals surface area contributed by atoms with E-state index in [1.807, 2.05) is 6.92 Å². The molecule has 3 nitrogen and oxygen atoms in total. The second-order valence-corrected chi connectivity index (χ2v) is 5.35. The summed E-state index contributed by atoms with van der Waals surface area (Å²) < 4.78 is 2.39. The predicted octanol–water partition coefficient (Wildman–Crippen LogP) is 3.85. The molecule has 74 valence electrons. The number of halogens is 4. The van der Waals surface area contributed by atoms with Crippen molar-refractivity contribution in [3.05, 3.63) is 19.6 Å². The van der Waals surface area contributed by atoms with Crippen molar-refractivity contribution in [3.8, 4) is 0 Å². The summed E-state index contributed by atoms with van der Waals surface area (Å²) in [6.07, 6.45) is 0. The van der Waals surface area contributed by atoms with Gasteiger partial charge in [-0.3, -0.25) is 0 Å². The Bertz CT molecular complexity index is 523. The lowest BCUT2D eigenvalue weighted by molar-refractivity contribution is 1.04. The largest absolute Gasteiger partial charge is 0.228 e. The summed E-state index contributed by atoms with van der Waals surface area (Å²) >= 11 is 16.3. The lowest BCUT2D eigenvalue weighted by Gasteiger charge is -2.00. The number of rotatable bonds is 0. The van der Waals surface area contributed by atoms with Gasteiger partial charge in [0.25, 0.3) is 0 Å². The van der Waals surface area contributed by atoms with Gasteiger partial charge in [-0.2, -0.15) is 5.10 Å². The zero-order valence-corrected chi connectivity index (χ0v) is 12.7. The highest BCUT2D eigenvalue weighted by atomic mass is 127. The van der Waals surface area contributed by atoms with Crippen molar-refractivity contribution < 1.29 is 0 Å². The van der Waals surface area contributed by atoms with Gasteiger partial charge in [0, 0.05) is 0 Å². The number of pyridine rings is 1. The van der Waals surface area contributed by atoms with Crippen LogP contribution in [0.4, 0.5) is 0 Å². The summed E-state index contributed by atoms with van der Waals surface area (Å²) in [7, 11) is 0. The minimum absolute atomic E-state index is 0.453. The van der Waals surface area contributed by atoms with Gasteiger partial charge in [-0.1, -0.05) is 23.2 Å². The van der Waals surface area contributed by atoms with Gasteiger partial charge in [-0.15, -0.1) is 0 Å². The first-order valence-corrected chi connectivity index (χ1v) is 6.38. The van der Waals surface area contributed by atoms with Crippen LogP contribution >= 0.6 is 68.7 Å². The lowest BCUT2D eigenvalue weighted by Crippen LogP contribution is -1.88. The molecule has 0 amide bonds. The van der Waals surface area contributed by atoms with Crippen LogP contribution < -0.4 is 0 Å². The Morgan fingerprint density at radius 3 is 2.64 bits per heavy atom. The molecule has 2 rings (SSSR count). The van der Waals surface area contributed by atoms with Crippen molar-refractivity contribution in [2.45, 2.75) is 6.92 Å². The van der Waals surface area contributed by atoms with E-state index >= 15 is 0 Å². The van der Waals surface area contributed by atoms with Crippen molar-refractivity contribution in [2.75, 3.05) is 0 Å². The maximum atomic E-state index is 6.12. The minimum atomic E-state index is 0.453. The number of aromatic nitrogens is 3. The summed E-state index contributed by atoms with van der Waals surface area (Å²) in [5, 5.41) is 6.12. The highest BCUT2D eigenvalue weighted by Gasteiger charge is 2.16. The summed E-state index contributed by atoms with van der Waals surface area (Å²) in [6.45, 7) is 1.88. The molecule has 0 atom stereocenters. The Morgan fingerprint density at radius 2 is 2.00 bits per heavy atom. The highest BCUT2D eigenvalue weighted by molar-refractivity contribution is 14.1. The molecule has 0 saturated carbocycles. The average Bonchev–Trinajstić information content (AvgIpc) is 2.38. The van der Waals surface area contributed by atoms with E-state index in [0.29, 0.717) is 13.9 Å². The maximum absolute atomic E-state index is 6.12. The monoisotopic (exact) mass is 453 g/mol. The van der Waals surface area contributed by atoms with Crippen molar-refractivity contribution in [2.24, 2.45) is 0 Å². The van der Waals surface area contributed by atoms with E-state index in [1.165, 1.54) is 0 Å². The summed E-state index contributed by atoms with van der Waals surface area (Å²) in [5.74, 6) is 0. The molecule has 0 fully saturated rings. The van der Waals surface area contributed by atoms with E-state index in [1.54, 1.807) is 2.90 Å². The average molecular weight is 454 g/mol. The van der Waals surface area contributed by atoms with E-state index in [0.717, 1.165) is 16.6 Å². The Kier molecular flexibility index (Phi) is 3.12. The molecular weight excluding hydrogens is 451 g/mol. The Balaban J connectivity index is 3.05. The summed E-state index contributed by atoms with van der Waals surface area (Å²) in [6, 6.07) is 0. The van der Waals surface area contributed by atoms with Crippen molar-refractivity contribution in [1.82, 2.24) is 13.0 Å². The van der Waals surface area contributed by atoms with Crippen LogP contribution in [0.5, 0.6) is 0 Å². The molecule has 0 saturated heterocycles. The normalized spacial score (nSPS) is 11.2. The Labute approximate surface area is 118 Å². The second kappa shape index (κ2) is 3.91. The molecule has 0 aliphatic carbocycles. The quantitative estimate of drug-likeness (QED) is 0.448. The van der Waals surface area contributed by atoms with Gasteiger partial charge in [-0.25, -0.2) is 7.88 Å². The van der Waals surface area contributed by atoms with E-state index in [4.69, 9.17) is 23.2 Å².